The molecule has 6 nitrogen and oxygen atoms in total. The first-order chi connectivity index (χ1) is 12.2. The zero-order valence-electron chi connectivity index (χ0n) is 15.6. The fourth-order valence-electron chi connectivity index (χ4n) is 3.13. The predicted molar refractivity (Wildman–Crippen MR) is 97.3 cm³/mol. The Bertz CT molecular complexity index is 803. The number of aliphatic hydroxyl groups excluding tert-OH is 1. The molecule has 0 aromatic heterocycles. The molecule has 0 heterocycles. The van der Waals surface area contributed by atoms with E-state index in [9.17, 15) is 19.8 Å². The van der Waals surface area contributed by atoms with Crippen molar-refractivity contribution in [1.29, 1.82) is 0 Å². The van der Waals surface area contributed by atoms with Crippen LogP contribution in [0.5, 0.6) is 11.5 Å². The summed E-state index contributed by atoms with van der Waals surface area (Å²) in [5, 5.41) is 20.8. The summed E-state index contributed by atoms with van der Waals surface area (Å²) in [6, 6.07) is 0. The first-order valence-corrected chi connectivity index (χ1v) is 8.37. The number of aliphatic hydroxyl groups is 1. The van der Waals surface area contributed by atoms with E-state index in [4.69, 9.17) is 9.47 Å². The van der Waals surface area contributed by atoms with Crippen molar-refractivity contribution in [2.24, 2.45) is 0 Å². The molecule has 1 aromatic carbocycles. The van der Waals surface area contributed by atoms with E-state index in [1.165, 1.54) is 14.0 Å². The maximum Gasteiger partial charge on any atom is 0.333 e. The van der Waals surface area contributed by atoms with E-state index in [0.717, 1.165) is 0 Å². The van der Waals surface area contributed by atoms with Crippen LogP contribution < -0.4 is 4.74 Å². The fourth-order valence-corrected chi connectivity index (χ4v) is 3.13. The standard InChI is InChI=1S/C20H24O6/c1-6-10(2)20(24)26-9-14-16-11(3)15(22)8-7-13(16)19(25-5)18(23)17(14)12(4)21/h6-8,11,15,22-23H,9H2,1-5H3/b10-6-/t11-,15-/m0/s1. The molecule has 26 heavy (non-hydrogen) atoms. The van der Waals surface area contributed by atoms with Crippen LogP contribution >= 0.6 is 0 Å². The van der Waals surface area contributed by atoms with Crippen molar-refractivity contribution in [2.45, 2.75) is 46.3 Å². The minimum Gasteiger partial charge on any atom is -0.504 e. The quantitative estimate of drug-likeness (QED) is 0.476. The molecule has 0 bridgehead atoms. The number of carbonyl (C=O) groups is 2. The molecule has 2 rings (SSSR count). The second kappa shape index (κ2) is 7.74. The van der Waals surface area contributed by atoms with Crippen LogP contribution in [0, 0.1) is 0 Å². The van der Waals surface area contributed by atoms with Crippen LogP contribution in [0.2, 0.25) is 0 Å². The van der Waals surface area contributed by atoms with Gasteiger partial charge < -0.3 is 19.7 Å². The van der Waals surface area contributed by atoms with Crippen LogP contribution in [0.1, 0.15) is 60.7 Å². The Hall–Kier alpha value is -2.60. The van der Waals surface area contributed by atoms with Crippen molar-refractivity contribution in [3.05, 3.63) is 40.0 Å². The molecular formula is C20H24O6. The third-order valence-corrected chi connectivity index (χ3v) is 4.70. The highest BCUT2D eigenvalue weighted by Gasteiger charge is 2.32. The van der Waals surface area contributed by atoms with E-state index in [-0.39, 0.29) is 35.4 Å². The maximum atomic E-state index is 12.2. The molecular weight excluding hydrogens is 336 g/mol. The lowest BCUT2D eigenvalue weighted by Crippen LogP contribution is -2.22. The molecule has 0 radical (unpaired) electrons. The third kappa shape index (κ3) is 3.37. The topological polar surface area (TPSA) is 93.1 Å². The number of ketones is 1. The van der Waals surface area contributed by atoms with Gasteiger partial charge in [0.05, 0.1) is 18.8 Å². The Balaban J connectivity index is 2.68. The van der Waals surface area contributed by atoms with Crippen molar-refractivity contribution in [2.75, 3.05) is 7.11 Å². The van der Waals surface area contributed by atoms with Crippen molar-refractivity contribution in [1.82, 2.24) is 0 Å². The number of fused-ring (bicyclic) bond motifs is 1. The second-order valence-corrected chi connectivity index (χ2v) is 6.31. The fraction of sp³-hybridized carbons (Fsp3) is 0.400. The number of allylic oxidation sites excluding steroid dienone is 1. The lowest BCUT2D eigenvalue weighted by atomic mass is 9.80. The number of phenolic OH excluding ortho intramolecular Hbond substituents is 1. The third-order valence-electron chi connectivity index (χ3n) is 4.70. The summed E-state index contributed by atoms with van der Waals surface area (Å²) in [6.07, 6.45) is 4.11. The van der Waals surface area contributed by atoms with Crippen LogP contribution in [0.3, 0.4) is 0 Å². The highest BCUT2D eigenvalue weighted by atomic mass is 16.5. The number of Topliss-reactive ketones (excluding diaryl/α,β-unsaturated/α-hetero) is 1. The molecule has 0 saturated heterocycles. The highest BCUT2D eigenvalue weighted by molar-refractivity contribution is 6.01. The van der Waals surface area contributed by atoms with Crippen LogP contribution in [0.25, 0.3) is 6.08 Å². The normalized spacial score (nSPS) is 19.1. The van der Waals surface area contributed by atoms with Gasteiger partial charge in [-0.15, -0.1) is 0 Å². The van der Waals surface area contributed by atoms with E-state index in [1.807, 2.05) is 0 Å². The van der Waals surface area contributed by atoms with Gasteiger partial charge in [0, 0.05) is 22.6 Å². The average molecular weight is 360 g/mol. The van der Waals surface area contributed by atoms with Gasteiger partial charge in [-0.25, -0.2) is 4.79 Å². The van der Waals surface area contributed by atoms with Gasteiger partial charge in [-0.2, -0.15) is 0 Å². The van der Waals surface area contributed by atoms with Gasteiger partial charge in [0.25, 0.3) is 0 Å². The largest absolute Gasteiger partial charge is 0.504 e. The molecule has 2 N–H and O–H groups in total. The molecule has 6 heteroatoms. The lowest BCUT2D eigenvalue weighted by molar-refractivity contribution is -0.140. The molecule has 0 aliphatic heterocycles. The van der Waals surface area contributed by atoms with E-state index in [2.05, 4.69) is 0 Å². The van der Waals surface area contributed by atoms with Gasteiger partial charge in [0.15, 0.2) is 17.3 Å². The smallest absolute Gasteiger partial charge is 0.333 e. The number of hydrogen-bond donors (Lipinski definition) is 2. The maximum absolute atomic E-state index is 12.2. The molecule has 1 aliphatic rings. The van der Waals surface area contributed by atoms with Crippen molar-refractivity contribution in [3.8, 4) is 11.5 Å². The van der Waals surface area contributed by atoms with E-state index in [1.54, 1.807) is 39.0 Å². The van der Waals surface area contributed by atoms with Crippen molar-refractivity contribution >= 4 is 17.8 Å². The highest BCUT2D eigenvalue weighted by Crippen LogP contribution is 2.46. The summed E-state index contributed by atoms with van der Waals surface area (Å²) in [5.74, 6) is -1.38. The minimum absolute atomic E-state index is 0.0425. The molecule has 1 aliphatic carbocycles. The van der Waals surface area contributed by atoms with Gasteiger partial charge in [-0.05, 0) is 26.3 Å². The molecule has 0 fully saturated rings. The first-order valence-electron chi connectivity index (χ1n) is 8.37. The van der Waals surface area contributed by atoms with Crippen LogP contribution in [-0.4, -0.2) is 35.2 Å². The molecule has 1 aromatic rings. The van der Waals surface area contributed by atoms with Gasteiger partial charge >= 0.3 is 5.97 Å². The Morgan fingerprint density at radius 2 is 1.96 bits per heavy atom. The molecule has 0 spiro atoms. The van der Waals surface area contributed by atoms with Gasteiger partial charge in [-0.1, -0.05) is 25.2 Å². The molecule has 2 atom stereocenters. The summed E-state index contributed by atoms with van der Waals surface area (Å²) in [4.78, 5) is 24.2. The monoisotopic (exact) mass is 360 g/mol. The number of ether oxygens (including phenoxy) is 2. The Kier molecular flexibility index (Phi) is 5.87. The van der Waals surface area contributed by atoms with Crippen molar-refractivity contribution < 1.29 is 29.3 Å². The number of benzene rings is 1. The number of carbonyl (C=O) groups excluding carboxylic acids is 2. The summed E-state index contributed by atoms with van der Waals surface area (Å²) < 4.78 is 10.6. The SMILES string of the molecule is C/C=C(/C)C(=O)OCc1c(C(C)=O)c(O)c(OC)c2c1[C@@H](C)[C@@H](O)C=C2. The van der Waals surface area contributed by atoms with Gasteiger partial charge in [0.1, 0.15) is 6.61 Å². The lowest BCUT2D eigenvalue weighted by Gasteiger charge is -2.29. The Morgan fingerprint density at radius 1 is 1.31 bits per heavy atom. The molecule has 0 saturated carbocycles. The number of rotatable bonds is 5. The van der Waals surface area contributed by atoms with E-state index in [0.29, 0.717) is 22.3 Å². The summed E-state index contributed by atoms with van der Waals surface area (Å²) in [7, 11) is 1.40. The van der Waals surface area contributed by atoms with Crippen LogP contribution in [0.15, 0.2) is 17.7 Å². The van der Waals surface area contributed by atoms with Gasteiger partial charge in [-0.3, -0.25) is 4.79 Å². The molecule has 140 valence electrons. The second-order valence-electron chi connectivity index (χ2n) is 6.31. The molecule has 0 unspecified atom stereocenters. The van der Waals surface area contributed by atoms with Gasteiger partial charge in [0.2, 0.25) is 0 Å². The number of esters is 1. The van der Waals surface area contributed by atoms with Crippen molar-refractivity contribution in [3.63, 3.8) is 0 Å². The summed E-state index contributed by atoms with van der Waals surface area (Å²) >= 11 is 0. The molecule has 0 amide bonds. The van der Waals surface area contributed by atoms with Crippen LogP contribution in [0.4, 0.5) is 0 Å². The summed E-state index contributed by atoms with van der Waals surface area (Å²) in [6.45, 7) is 6.29. The number of aromatic hydroxyl groups is 1. The first kappa shape index (κ1) is 19.7. The minimum atomic E-state index is -0.761. The zero-order chi connectivity index (χ0) is 19.6. The van der Waals surface area contributed by atoms with Crippen LogP contribution in [-0.2, 0) is 16.1 Å². The Morgan fingerprint density at radius 3 is 2.50 bits per heavy atom. The number of phenols is 1. The van der Waals surface area contributed by atoms with E-state index < -0.39 is 12.1 Å². The van der Waals surface area contributed by atoms with E-state index >= 15 is 0 Å². The zero-order valence-corrected chi connectivity index (χ0v) is 15.6. The summed E-state index contributed by atoms with van der Waals surface area (Å²) in [5.41, 5.74) is 2.07. The average Bonchev–Trinajstić information content (AvgIpc) is 2.61. The Labute approximate surface area is 152 Å². The predicted octanol–water partition coefficient (Wildman–Crippen LogP) is 3.10. The number of methoxy groups -OCH3 is 1. The number of hydrogen-bond acceptors (Lipinski definition) is 6.